The van der Waals surface area contributed by atoms with Gasteiger partial charge in [0.05, 0.1) is 60.2 Å². The van der Waals surface area contributed by atoms with Crippen LogP contribution in [0.25, 0.3) is 44.7 Å². The highest BCUT2D eigenvalue weighted by atomic mass is 19.4. The molecule has 0 bridgehead atoms. The topological polar surface area (TPSA) is 186 Å². The number of imidazole rings is 2. The van der Waals surface area contributed by atoms with Gasteiger partial charge in [0.15, 0.2) is 0 Å². The summed E-state index contributed by atoms with van der Waals surface area (Å²) in [6.07, 6.45) is 0.0408. The van der Waals surface area contributed by atoms with Crippen molar-refractivity contribution < 1.29 is 41.8 Å². The Hall–Kier alpha value is -6.82. The second kappa shape index (κ2) is 17.5. The Balaban J connectivity index is 1.05. The zero-order valence-corrected chi connectivity index (χ0v) is 37.2. The van der Waals surface area contributed by atoms with Crippen LogP contribution in [0.1, 0.15) is 88.9 Å². The van der Waals surface area contributed by atoms with Gasteiger partial charge in [-0.15, -0.1) is 13.2 Å². The average molecular weight is 908 g/mol. The van der Waals surface area contributed by atoms with Gasteiger partial charge in [0, 0.05) is 40.7 Å². The van der Waals surface area contributed by atoms with Gasteiger partial charge in [-0.3, -0.25) is 9.59 Å². The zero-order valence-electron chi connectivity index (χ0n) is 37.2. The molecule has 3 aromatic carbocycles. The van der Waals surface area contributed by atoms with Crippen molar-refractivity contribution in [3.05, 3.63) is 96.3 Å². The predicted molar refractivity (Wildman–Crippen MR) is 239 cm³/mol. The van der Waals surface area contributed by atoms with Crippen LogP contribution in [-0.4, -0.2) is 90.9 Å². The van der Waals surface area contributed by atoms with Crippen molar-refractivity contribution in [3.8, 4) is 45.3 Å². The number of nitrogens with two attached hydrogens (primary N) is 1. The minimum atomic E-state index is -4.89. The van der Waals surface area contributed by atoms with E-state index in [1.807, 2.05) is 79.6 Å². The number of halogens is 3. The number of aromatic nitrogens is 5. The second-order valence-electron chi connectivity index (χ2n) is 17.8. The quantitative estimate of drug-likeness (QED) is 0.0988. The third-order valence-electron chi connectivity index (χ3n) is 12.9. The van der Waals surface area contributed by atoms with E-state index in [1.54, 1.807) is 23.4 Å². The molecule has 6 heterocycles. The molecule has 0 saturated carbocycles. The van der Waals surface area contributed by atoms with Crippen LogP contribution >= 0.6 is 0 Å². The van der Waals surface area contributed by atoms with Gasteiger partial charge in [0.1, 0.15) is 29.2 Å². The maximum atomic E-state index is 13.8. The molecule has 346 valence electrons. The van der Waals surface area contributed by atoms with Crippen molar-refractivity contribution in [1.29, 1.82) is 0 Å². The summed E-state index contributed by atoms with van der Waals surface area (Å²) >= 11 is 0. The molecule has 5 N–H and O–H groups in total. The number of likely N-dealkylation sites (tertiary alicyclic amines) is 2. The number of hydrogen-bond acceptors (Lipinski definition) is 9. The van der Waals surface area contributed by atoms with Gasteiger partial charge in [-0.1, -0.05) is 52.0 Å². The molecular weight excluding hydrogens is 856 g/mol. The molecular formula is C48H52F3N9O6. The predicted octanol–water partition coefficient (Wildman–Crippen LogP) is 8.62. The van der Waals surface area contributed by atoms with Gasteiger partial charge >= 0.3 is 12.5 Å². The Bertz CT molecular complexity index is 2800. The summed E-state index contributed by atoms with van der Waals surface area (Å²) in [6.45, 7) is 8.70. The number of carbonyl (C=O) groups is 3. The van der Waals surface area contributed by atoms with Gasteiger partial charge in [0.2, 0.25) is 18.0 Å². The summed E-state index contributed by atoms with van der Waals surface area (Å²) in [6, 6.07) is 17.5. The first-order valence-corrected chi connectivity index (χ1v) is 22.2. The highest BCUT2D eigenvalue weighted by Crippen LogP contribution is 2.47. The number of aromatic amines is 2. The summed E-state index contributed by atoms with van der Waals surface area (Å²) in [4.78, 5) is 59.0. The number of nitrogens with one attached hydrogen (secondary N) is 3. The van der Waals surface area contributed by atoms with Gasteiger partial charge < -0.3 is 49.6 Å². The van der Waals surface area contributed by atoms with Crippen molar-refractivity contribution in [2.24, 2.45) is 17.6 Å². The number of H-pyrrole nitrogens is 2. The van der Waals surface area contributed by atoms with Crippen LogP contribution in [-0.2, 0) is 14.3 Å². The number of hydrogen-bond donors (Lipinski definition) is 4. The van der Waals surface area contributed by atoms with Crippen molar-refractivity contribution in [3.63, 3.8) is 0 Å². The molecule has 18 heteroatoms. The SMILES string of the molecule is COC(=O)NC(C(=O)N1CCCC1c1ncc(-c2ccc3c(c2)OC(c2cccc(OC(F)(F)F)c2)n2c-3cc3cc(-c4cnc(C5CCCN5C(=O)C(N)C(C)C)[nH]4)ccc32)[nH]1)C(C)C. The molecule has 2 fully saturated rings. The number of fused-ring (bicyclic) bond motifs is 5. The standard InChI is InChI=1S/C48H52F3N9O6/c1-25(2)40(52)44(61)58-17-7-11-36(58)42-53-23-33(55-42)27-14-16-35-30(19-27)21-38-32-15-13-28(22-39(32)65-46(60(35)38)29-9-6-10-31(20-29)66-48(49,50)51)34-24-54-43(56-34)37-12-8-18-59(37)45(62)41(26(3)4)57-47(63)64-5/h6,9-10,13-16,19-26,36-37,40-41,46H,7-8,11-12,17-18,52H2,1-5H3,(H,53,55)(H,54,56)(H,57,63). The van der Waals surface area contributed by atoms with E-state index in [4.69, 9.17) is 25.2 Å². The minimum Gasteiger partial charge on any atom is -0.465 e. The number of alkyl carbamates (subject to hydrolysis) is 1. The lowest BCUT2D eigenvalue weighted by Gasteiger charge is -2.31. The molecule has 3 aromatic heterocycles. The Morgan fingerprint density at radius 1 is 0.833 bits per heavy atom. The third-order valence-corrected chi connectivity index (χ3v) is 12.9. The number of rotatable bonds is 11. The first kappa shape index (κ1) is 44.4. The van der Waals surface area contributed by atoms with Gasteiger partial charge in [0.25, 0.3) is 0 Å². The van der Waals surface area contributed by atoms with Crippen molar-refractivity contribution in [2.45, 2.75) is 90.1 Å². The van der Waals surface area contributed by atoms with Crippen LogP contribution in [0.3, 0.4) is 0 Å². The van der Waals surface area contributed by atoms with E-state index in [1.165, 1.54) is 25.3 Å². The van der Waals surface area contributed by atoms with E-state index in [0.717, 1.165) is 58.2 Å². The molecule has 2 saturated heterocycles. The third kappa shape index (κ3) is 8.45. The summed E-state index contributed by atoms with van der Waals surface area (Å²) < 4.78 is 58.2. The maximum Gasteiger partial charge on any atom is 0.573 e. The molecule has 5 atom stereocenters. The van der Waals surface area contributed by atoms with E-state index >= 15 is 0 Å². The Morgan fingerprint density at radius 3 is 2.09 bits per heavy atom. The second-order valence-corrected chi connectivity index (χ2v) is 17.8. The normalized spacial score (nSPS) is 19.2. The van der Waals surface area contributed by atoms with Crippen LogP contribution < -0.4 is 20.5 Å². The van der Waals surface area contributed by atoms with Crippen LogP contribution in [0.4, 0.5) is 18.0 Å². The largest absolute Gasteiger partial charge is 0.573 e. The number of carbonyl (C=O) groups excluding carboxylic acids is 3. The van der Waals surface area contributed by atoms with Crippen molar-refractivity contribution in [2.75, 3.05) is 20.2 Å². The average Bonchev–Trinajstić information content (AvgIpc) is 4.15. The molecule has 6 aromatic rings. The first-order chi connectivity index (χ1) is 31.6. The van der Waals surface area contributed by atoms with E-state index in [-0.39, 0.29) is 41.5 Å². The van der Waals surface area contributed by atoms with E-state index in [2.05, 4.69) is 20.0 Å². The summed E-state index contributed by atoms with van der Waals surface area (Å²) in [5, 5.41) is 3.53. The molecule has 5 unspecified atom stereocenters. The van der Waals surface area contributed by atoms with Crippen LogP contribution in [0.2, 0.25) is 0 Å². The fourth-order valence-corrected chi connectivity index (χ4v) is 9.41. The lowest BCUT2D eigenvalue weighted by Crippen LogP contribution is -2.51. The number of benzene rings is 3. The molecule has 3 aliphatic heterocycles. The zero-order chi connectivity index (χ0) is 46.6. The summed E-state index contributed by atoms with van der Waals surface area (Å²) in [5.74, 6) is 0.909. The highest BCUT2D eigenvalue weighted by molar-refractivity contribution is 5.93. The molecule has 9 rings (SSSR count). The molecule has 3 aliphatic rings. The smallest absolute Gasteiger partial charge is 0.465 e. The Kier molecular flexibility index (Phi) is 11.8. The number of ether oxygens (including phenoxy) is 3. The minimum absolute atomic E-state index is 0.00297. The van der Waals surface area contributed by atoms with E-state index in [9.17, 15) is 27.6 Å². The number of amides is 3. The van der Waals surface area contributed by atoms with Crippen LogP contribution in [0.15, 0.2) is 79.1 Å². The monoisotopic (exact) mass is 907 g/mol. The van der Waals surface area contributed by atoms with Gasteiger partial charge in [-0.2, -0.15) is 0 Å². The highest BCUT2D eigenvalue weighted by Gasteiger charge is 2.39. The van der Waals surface area contributed by atoms with E-state index < -0.39 is 30.8 Å². The number of nitrogens with zero attached hydrogens (tertiary/aromatic N) is 5. The van der Waals surface area contributed by atoms with Gasteiger partial charge in [-0.25, -0.2) is 14.8 Å². The summed E-state index contributed by atoms with van der Waals surface area (Å²) in [7, 11) is 1.26. The fraction of sp³-hybridized carbons (Fsp3) is 0.396. The van der Waals surface area contributed by atoms with Crippen LogP contribution in [0, 0.1) is 11.8 Å². The number of alkyl halides is 3. The lowest BCUT2D eigenvalue weighted by molar-refractivity contribution is -0.274. The first-order valence-electron chi connectivity index (χ1n) is 22.2. The molecule has 0 aliphatic carbocycles. The van der Waals surface area contributed by atoms with Crippen molar-refractivity contribution in [1.82, 2.24) is 39.6 Å². The Labute approximate surface area is 378 Å². The van der Waals surface area contributed by atoms with Crippen LogP contribution in [0.5, 0.6) is 11.5 Å². The lowest BCUT2D eigenvalue weighted by atomic mass is 10.0. The molecule has 0 radical (unpaired) electrons. The Morgan fingerprint density at radius 2 is 1.47 bits per heavy atom. The maximum absolute atomic E-state index is 13.8. The molecule has 66 heavy (non-hydrogen) atoms. The molecule has 3 amide bonds. The molecule has 15 nitrogen and oxygen atoms in total. The van der Waals surface area contributed by atoms with E-state index in [0.29, 0.717) is 48.2 Å². The molecule has 0 spiro atoms. The number of methoxy groups -OCH3 is 1. The van der Waals surface area contributed by atoms with Crippen molar-refractivity contribution >= 4 is 28.8 Å². The van der Waals surface area contributed by atoms with Gasteiger partial charge in [-0.05, 0) is 80.0 Å². The fourth-order valence-electron chi connectivity index (χ4n) is 9.41. The summed E-state index contributed by atoms with van der Waals surface area (Å²) in [5.41, 5.74) is 12.0.